The van der Waals surface area contributed by atoms with Crippen molar-refractivity contribution in [2.45, 2.75) is 33.1 Å². The molecule has 0 atom stereocenters. The van der Waals surface area contributed by atoms with Gasteiger partial charge in [0.25, 0.3) is 10.0 Å². The monoisotopic (exact) mass is 259 g/mol. The van der Waals surface area contributed by atoms with Crippen LogP contribution in [0.1, 0.15) is 33.1 Å². The number of hydrogen-bond acceptors (Lipinski definition) is 3. The minimum atomic E-state index is -3.39. The van der Waals surface area contributed by atoms with E-state index in [1.807, 2.05) is 13.8 Å². The Bertz CT molecular complexity index is 391. The van der Waals surface area contributed by atoms with Crippen molar-refractivity contribution in [1.82, 2.24) is 4.90 Å². The van der Waals surface area contributed by atoms with Gasteiger partial charge in [-0.3, -0.25) is 0 Å². The fourth-order valence-electron chi connectivity index (χ4n) is 1.14. The second-order valence-corrected chi connectivity index (χ2v) is 6.83. The lowest BCUT2D eigenvalue weighted by Crippen LogP contribution is -2.18. The quantitative estimate of drug-likeness (QED) is 0.514. The van der Waals surface area contributed by atoms with Crippen LogP contribution in [0.15, 0.2) is 4.40 Å². The fourth-order valence-corrected chi connectivity index (χ4v) is 2.39. The van der Waals surface area contributed by atoms with E-state index >= 15 is 0 Å². The van der Waals surface area contributed by atoms with Crippen LogP contribution in [0.5, 0.6) is 0 Å². The summed E-state index contributed by atoms with van der Waals surface area (Å²) in [5.74, 6) is 0.0236. The van der Waals surface area contributed by atoms with Crippen LogP contribution in [0.2, 0.25) is 0 Å². The topological polar surface area (TPSA) is 73.5 Å². The van der Waals surface area contributed by atoms with Crippen LogP contribution in [0.3, 0.4) is 0 Å². The summed E-state index contributed by atoms with van der Waals surface area (Å²) < 4.78 is 26.7. The van der Waals surface area contributed by atoms with E-state index in [2.05, 4.69) is 10.5 Å². The van der Waals surface area contributed by atoms with Gasteiger partial charge in [-0.15, -0.1) is 0 Å². The molecule has 0 heterocycles. The lowest BCUT2D eigenvalue weighted by molar-refractivity contribution is 0.327. The van der Waals surface area contributed by atoms with Gasteiger partial charge < -0.3 is 4.90 Å². The van der Waals surface area contributed by atoms with Gasteiger partial charge in [0.05, 0.1) is 11.8 Å². The first kappa shape index (κ1) is 15.9. The molecule has 0 aliphatic heterocycles. The molecule has 17 heavy (non-hydrogen) atoms. The lowest BCUT2D eigenvalue weighted by Gasteiger charge is -2.22. The predicted octanol–water partition coefficient (Wildman–Crippen LogP) is 1.63. The molecule has 0 rings (SSSR count). The van der Waals surface area contributed by atoms with Gasteiger partial charge in [0, 0.05) is 20.5 Å². The molecule has 0 aromatic carbocycles. The molecule has 0 aromatic heterocycles. The van der Waals surface area contributed by atoms with Crippen molar-refractivity contribution >= 4 is 16.4 Å². The molecule has 6 heteroatoms. The standard InChI is InChI=1S/C11H21N3O2S/c1-11(2,6-5-8-12)7-9-17(15,16)13-10-14(3)4/h10H,5-7,9H2,1-4H3. The Morgan fingerprint density at radius 1 is 1.35 bits per heavy atom. The third kappa shape index (κ3) is 8.69. The minimum Gasteiger partial charge on any atom is -0.368 e. The maximum absolute atomic E-state index is 11.6. The van der Waals surface area contributed by atoms with Crippen LogP contribution in [0, 0.1) is 16.7 Å². The van der Waals surface area contributed by atoms with E-state index in [0.29, 0.717) is 19.3 Å². The zero-order valence-electron chi connectivity index (χ0n) is 11.0. The van der Waals surface area contributed by atoms with Crippen molar-refractivity contribution in [3.63, 3.8) is 0 Å². The highest BCUT2D eigenvalue weighted by atomic mass is 32.2. The Hall–Kier alpha value is -1.09. The second-order valence-electron chi connectivity index (χ2n) is 5.04. The van der Waals surface area contributed by atoms with Gasteiger partial charge in [-0.05, 0) is 18.3 Å². The summed E-state index contributed by atoms with van der Waals surface area (Å²) in [5, 5.41) is 8.51. The van der Waals surface area contributed by atoms with Crippen LogP contribution in [-0.4, -0.2) is 39.5 Å². The van der Waals surface area contributed by atoms with Gasteiger partial charge in [0.2, 0.25) is 0 Å². The Balaban J connectivity index is 4.32. The molecule has 0 unspecified atom stereocenters. The normalized spacial score (nSPS) is 12.6. The Labute approximate surface area is 104 Å². The molecule has 0 saturated heterocycles. The fraction of sp³-hybridized carbons (Fsp3) is 0.818. The predicted molar refractivity (Wildman–Crippen MR) is 69.2 cm³/mol. The average Bonchev–Trinajstić information content (AvgIpc) is 2.22. The smallest absolute Gasteiger partial charge is 0.254 e. The molecule has 0 radical (unpaired) electrons. The Kier molecular flexibility index (Phi) is 6.18. The number of sulfonamides is 1. The zero-order valence-corrected chi connectivity index (χ0v) is 11.8. The van der Waals surface area contributed by atoms with Crippen LogP contribution < -0.4 is 0 Å². The molecule has 0 aromatic rings. The van der Waals surface area contributed by atoms with Crippen LogP contribution in [-0.2, 0) is 10.0 Å². The van der Waals surface area contributed by atoms with Crippen LogP contribution >= 0.6 is 0 Å². The molecule has 5 nitrogen and oxygen atoms in total. The van der Waals surface area contributed by atoms with E-state index in [9.17, 15) is 8.42 Å². The summed E-state index contributed by atoms with van der Waals surface area (Å²) in [6, 6.07) is 2.08. The SMILES string of the molecule is CN(C)C=NS(=O)(=O)CCC(C)(C)CCC#N. The highest BCUT2D eigenvalue weighted by molar-refractivity contribution is 7.90. The molecule has 0 saturated carbocycles. The van der Waals surface area contributed by atoms with Gasteiger partial charge >= 0.3 is 0 Å². The van der Waals surface area contributed by atoms with Gasteiger partial charge in [0.15, 0.2) is 0 Å². The summed E-state index contributed by atoms with van der Waals surface area (Å²) in [6.07, 6.45) is 2.96. The van der Waals surface area contributed by atoms with Crippen molar-refractivity contribution in [2.24, 2.45) is 9.81 Å². The third-order valence-electron chi connectivity index (χ3n) is 2.39. The van der Waals surface area contributed by atoms with Crippen molar-refractivity contribution in [3.8, 4) is 6.07 Å². The highest BCUT2D eigenvalue weighted by Crippen LogP contribution is 2.27. The molecular formula is C11H21N3O2S. The molecule has 0 spiro atoms. The molecule has 0 N–H and O–H groups in total. The van der Waals surface area contributed by atoms with E-state index in [1.54, 1.807) is 19.0 Å². The van der Waals surface area contributed by atoms with Crippen LogP contribution in [0.4, 0.5) is 0 Å². The summed E-state index contributed by atoms with van der Waals surface area (Å²) in [6.45, 7) is 3.94. The van der Waals surface area contributed by atoms with E-state index < -0.39 is 10.0 Å². The van der Waals surface area contributed by atoms with Gasteiger partial charge in [-0.2, -0.15) is 9.66 Å². The molecule has 0 fully saturated rings. The molecule has 0 amide bonds. The summed E-state index contributed by atoms with van der Waals surface area (Å²) >= 11 is 0. The van der Waals surface area contributed by atoms with Gasteiger partial charge in [-0.25, -0.2) is 8.42 Å². The minimum absolute atomic E-state index is 0.0236. The molecule has 0 bridgehead atoms. The summed E-state index contributed by atoms with van der Waals surface area (Å²) in [5.41, 5.74) is -0.142. The van der Waals surface area contributed by atoms with Gasteiger partial charge in [-0.1, -0.05) is 13.8 Å². The van der Waals surface area contributed by atoms with Crippen molar-refractivity contribution in [3.05, 3.63) is 0 Å². The summed E-state index contributed by atoms with van der Waals surface area (Å²) in [7, 11) is 0.0463. The van der Waals surface area contributed by atoms with Crippen LogP contribution in [0.25, 0.3) is 0 Å². The first-order valence-corrected chi connectivity index (χ1v) is 7.11. The molecule has 98 valence electrons. The maximum atomic E-state index is 11.6. The zero-order chi connectivity index (χ0) is 13.5. The molecular weight excluding hydrogens is 238 g/mol. The number of hydrogen-bond donors (Lipinski definition) is 0. The summed E-state index contributed by atoms with van der Waals surface area (Å²) in [4.78, 5) is 1.58. The highest BCUT2D eigenvalue weighted by Gasteiger charge is 2.21. The first-order valence-electron chi connectivity index (χ1n) is 5.50. The van der Waals surface area contributed by atoms with E-state index in [1.165, 1.54) is 6.34 Å². The van der Waals surface area contributed by atoms with E-state index in [0.717, 1.165) is 0 Å². The van der Waals surface area contributed by atoms with Crippen molar-refractivity contribution in [1.29, 1.82) is 5.26 Å². The lowest BCUT2D eigenvalue weighted by atomic mass is 9.85. The third-order valence-corrected chi connectivity index (χ3v) is 3.52. The number of nitriles is 1. The largest absolute Gasteiger partial charge is 0.368 e. The average molecular weight is 259 g/mol. The Morgan fingerprint density at radius 3 is 2.41 bits per heavy atom. The maximum Gasteiger partial charge on any atom is 0.254 e. The number of nitrogens with zero attached hydrogens (tertiary/aromatic N) is 3. The molecule has 0 aliphatic carbocycles. The van der Waals surface area contributed by atoms with Crippen molar-refractivity contribution < 1.29 is 8.42 Å². The van der Waals surface area contributed by atoms with E-state index in [4.69, 9.17) is 5.26 Å². The Morgan fingerprint density at radius 2 is 1.94 bits per heavy atom. The molecule has 0 aliphatic rings. The van der Waals surface area contributed by atoms with E-state index in [-0.39, 0.29) is 11.2 Å². The van der Waals surface area contributed by atoms with Gasteiger partial charge in [0.1, 0.15) is 6.34 Å². The van der Waals surface area contributed by atoms with Crippen molar-refractivity contribution in [2.75, 3.05) is 19.8 Å². The number of rotatable bonds is 7. The first-order chi connectivity index (χ1) is 7.68. The second kappa shape index (κ2) is 6.60.